The van der Waals surface area contributed by atoms with Crippen molar-refractivity contribution in [2.75, 3.05) is 6.61 Å². The van der Waals surface area contributed by atoms with Crippen LogP contribution in [0.3, 0.4) is 0 Å². The number of pyridine rings is 1. The van der Waals surface area contributed by atoms with Crippen LogP contribution in [0.15, 0.2) is 109 Å². The Bertz CT molecular complexity index is 1910. The molecule has 2 aliphatic heterocycles. The van der Waals surface area contributed by atoms with Crippen LogP contribution in [0.4, 0.5) is 10.5 Å². The summed E-state index contributed by atoms with van der Waals surface area (Å²) < 4.78 is 16.7. The number of β-lactam (4-membered cyclic amide) rings is 1. The maximum Gasteiger partial charge on any atom is 0.404 e. The highest BCUT2D eigenvalue weighted by Crippen LogP contribution is 2.50. The Hall–Kier alpha value is -6.37. The summed E-state index contributed by atoms with van der Waals surface area (Å²) in [6, 6.07) is 24.7. The zero-order chi connectivity index (χ0) is 34.7. The Morgan fingerprint density at radius 1 is 1.02 bits per heavy atom. The minimum Gasteiger partial charge on any atom is -0.451 e. The average molecular weight is 663 g/mol. The van der Waals surface area contributed by atoms with Crippen molar-refractivity contribution >= 4 is 35.7 Å². The molecule has 2 amide bonds. The number of esters is 2. The molecular weight excluding hydrogens is 632 g/mol. The Morgan fingerprint density at radius 3 is 2.24 bits per heavy atom. The lowest BCUT2D eigenvalue weighted by atomic mass is 9.81. The van der Waals surface area contributed by atoms with Gasteiger partial charge in [-0.1, -0.05) is 67.6 Å². The first-order valence-corrected chi connectivity index (χ1v) is 15.2. The van der Waals surface area contributed by atoms with Crippen LogP contribution in [0.5, 0.6) is 5.75 Å². The molecule has 0 spiro atoms. The molecule has 6 rings (SSSR count). The summed E-state index contributed by atoms with van der Waals surface area (Å²) in [5, 5.41) is 10.9. The topological polar surface area (TPSA) is 181 Å². The van der Waals surface area contributed by atoms with Crippen LogP contribution in [0.2, 0.25) is 0 Å². The van der Waals surface area contributed by atoms with Crippen molar-refractivity contribution in [1.29, 1.82) is 0 Å². The second-order valence-electron chi connectivity index (χ2n) is 11.9. The van der Waals surface area contributed by atoms with E-state index in [0.29, 0.717) is 5.57 Å². The number of primary amides is 1. The third-order valence-electron chi connectivity index (χ3n) is 8.56. The molecule has 1 unspecified atom stereocenters. The predicted octanol–water partition coefficient (Wildman–Crippen LogP) is 5.01. The number of non-ortho nitro benzene ring substituents is 1. The van der Waals surface area contributed by atoms with Crippen molar-refractivity contribution in [2.45, 2.75) is 31.5 Å². The Kier molecular flexibility index (Phi) is 8.90. The largest absolute Gasteiger partial charge is 0.451 e. The van der Waals surface area contributed by atoms with Crippen LogP contribution in [0, 0.1) is 15.5 Å². The van der Waals surface area contributed by atoms with E-state index in [1.807, 2.05) is 60.7 Å². The van der Waals surface area contributed by atoms with Crippen LogP contribution in [0.25, 0.3) is 6.08 Å². The number of nitrogens with zero attached hydrogens (tertiary/aromatic N) is 3. The third kappa shape index (κ3) is 6.72. The average Bonchev–Trinajstić information content (AvgIpc) is 3.39. The number of hydrogen-bond donors (Lipinski definition) is 1. The quantitative estimate of drug-likeness (QED) is 0.0605. The van der Waals surface area contributed by atoms with Crippen molar-refractivity contribution < 1.29 is 38.3 Å². The number of nitrogens with two attached hydrogens (primary N) is 1. The summed E-state index contributed by atoms with van der Waals surface area (Å²) in [5.41, 5.74) is 6.32. The first-order chi connectivity index (χ1) is 23.5. The lowest BCUT2D eigenvalue weighted by Gasteiger charge is -2.41. The number of nitro benzene ring substituents is 1. The van der Waals surface area contributed by atoms with Gasteiger partial charge in [-0.3, -0.25) is 19.9 Å². The van der Waals surface area contributed by atoms with Gasteiger partial charge in [0, 0.05) is 29.3 Å². The molecule has 0 radical (unpaired) electrons. The summed E-state index contributed by atoms with van der Waals surface area (Å²) >= 11 is 0. The summed E-state index contributed by atoms with van der Waals surface area (Å²) in [5.74, 6) is -1.73. The number of fused-ring (bicyclic) bond motifs is 1. The lowest BCUT2D eigenvalue weighted by molar-refractivity contribution is -0.384. The van der Waals surface area contributed by atoms with Crippen molar-refractivity contribution in [1.82, 2.24) is 9.88 Å². The van der Waals surface area contributed by atoms with Gasteiger partial charge >= 0.3 is 18.0 Å². The summed E-state index contributed by atoms with van der Waals surface area (Å²) in [6.45, 7) is 1.50. The van der Waals surface area contributed by atoms with Gasteiger partial charge in [0.15, 0.2) is 6.10 Å². The molecular formula is C36H30N4O9. The molecule has 2 saturated heterocycles. The Labute approximate surface area is 280 Å². The van der Waals surface area contributed by atoms with E-state index in [9.17, 15) is 29.3 Å². The third-order valence-corrected chi connectivity index (χ3v) is 8.56. The highest BCUT2D eigenvalue weighted by atomic mass is 16.6. The number of benzene rings is 3. The summed E-state index contributed by atoms with van der Waals surface area (Å²) in [4.78, 5) is 68.3. The number of ether oxygens (including phenoxy) is 3. The molecule has 1 aromatic heterocycles. The first kappa shape index (κ1) is 32.6. The van der Waals surface area contributed by atoms with Gasteiger partial charge in [0.1, 0.15) is 18.4 Å². The normalized spacial score (nSPS) is 20.3. The van der Waals surface area contributed by atoms with E-state index < -0.39 is 52.5 Å². The molecule has 3 heterocycles. The number of aromatic nitrogens is 1. The number of hydrogen-bond acceptors (Lipinski definition) is 10. The zero-order valence-electron chi connectivity index (χ0n) is 26.1. The van der Waals surface area contributed by atoms with Crippen LogP contribution < -0.4 is 10.5 Å². The molecule has 2 aliphatic rings. The van der Waals surface area contributed by atoms with Gasteiger partial charge in [0.2, 0.25) is 0 Å². The second-order valence-corrected chi connectivity index (χ2v) is 11.9. The molecule has 3 atom stereocenters. The van der Waals surface area contributed by atoms with E-state index in [1.165, 1.54) is 53.6 Å². The smallest absolute Gasteiger partial charge is 0.404 e. The van der Waals surface area contributed by atoms with Crippen molar-refractivity contribution in [3.8, 4) is 5.75 Å². The van der Waals surface area contributed by atoms with Crippen LogP contribution in [-0.2, 0) is 19.1 Å². The number of rotatable bonds is 10. The van der Waals surface area contributed by atoms with Gasteiger partial charge in [-0.15, -0.1) is 0 Å². The minimum absolute atomic E-state index is 0.111. The summed E-state index contributed by atoms with van der Waals surface area (Å²) in [6.07, 6.45) is 1.39. The molecule has 0 saturated carbocycles. The molecule has 248 valence electrons. The molecule has 2 N–H and O–H groups in total. The number of carbonyl (C=O) groups is 4. The standard InChI is InChI=1S/C36H30N4O9/c1-36(21-47-35(37)44)20-29-28(19-25-18-24(16-17-38-25)33(42)48-27-14-12-26(13-15-27)40(45)46)32(41)39(29)31(36)34(43)49-30(22-8-4-2-5-9-22)23-10-6-3-7-11-23/h2-19,29-31H,20-21H2,1H3,(H2,37,44)/b28-19+/t29?,31-,36-/m0/s1. The fourth-order valence-corrected chi connectivity index (χ4v) is 6.22. The first-order valence-electron chi connectivity index (χ1n) is 15.2. The highest BCUT2D eigenvalue weighted by molar-refractivity contribution is 6.08. The number of carbonyl (C=O) groups excluding carboxylic acids is 4. The van der Waals surface area contributed by atoms with E-state index in [4.69, 9.17) is 19.9 Å². The number of nitro groups is 1. The molecule has 0 bridgehead atoms. The van der Waals surface area contributed by atoms with Crippen LogP contribution in [0.1, 0.15) is 46.6 Å². The molecule has 3 aromatic carbocycles. The maximum absolute atomic E-state index is 14.1. The van der Waals surface area contributed by atoms with Gasteiger partial charge in [-0.05, 0) is 47.9 Å². The van der Waals surface area contributed by atoms with Crippen molar-refractivity contribution in [2.24, 2.45) is 11.1 Å². The van der Waals surface area contributed by atoms with Crippen molar-refractivity contribution in [3.63, 3.8) is 0 Å². The molecule has 0 aliphatic carbocycles. The molecule has 13 nitrogen and oxygen atoms in total. The van der Waals surface area contributed by atoms with E-state index >= 15 is 0 Å². The van der Waals surface area contributed by atoms with Crippen LogP contribution in [-0.4, -0.2) is 57.4 Å². The molecule has 49 heavy (non-hydrogen) atoms. The highest BCUT2D eigenvalue weighted by Gasteiger charge is 2.63. The fourth-order valence-electron chi connectivity index (χ4n) is 6.22. The van der Waals surface area contributed by atoms with Crippen molar-refractivity contribution in [3.05, 3.63) is 141 Å². The Balaban J connectivity index is 1.25. The van der Waals surface area contributed by atoms with Gasteiger partial charge in [-0.2, -0.15) is 0 Å². The van der Waals surface area contributed by atoms with E-state index in [-0.39, 0.29) is 35.7 Å². The van der Waals surface area contributed by atoms with E-state index in [2.05, 4.69) is 4.98 Å². The fraction of sp³-hybridized carbons (Fsp3) is 0.194. The second kappa shape index (κ2) is 13.4. The van der Waals surface area contributed by atoms with E-state index in [1.54, 1.807) is 6.92 Å². The SMILES string of the molecule is C[C@@]1(COC(N)=O)CC2/C(=C\c3cc(C(=O)Oc4ccc([N+](=O)[O-])cc4)ccn3)C(=O)N2[C@H]1C(=O)OC(c1ccccc1)c1ccccc1. The van der Waals surface area contributed by atoms with E-state index in [0.717, 1.165) is 11.1 Å². The molecule has 4 aromatic rings. The van der Waals surface area contributed by atoms with Gasteiger partial charge in [0.05, 0.1) is 22.2 Å². The zero-order valence-corrected chi connectivity index (χ0v) is 26.1. The lowest BCUT2D eigenvalue weighted by Crippen LogP contribution is -2.58. The molecule has 13 heteroatoms. The Morgan fingerprint density at radius 2 is 1.65 bits per heavy atom. The monoisotopic (exact) mass is 662 g/mol. The van der Waals surface area contributed by atoms with Gasteiger partial charge in [-0.25, -0.2) is 14.4 Å². The maximum atomic E-state index is 14.1. The van der Waals surface area contributed by atoms with Crippen LogP contribution >= 0.6 is 0 Å². The predicted molar refractivity (Wildman–Crippen MR) is 174 cm³/mol. The summed E-state index contributed by atoms with van der Waals surface area (Å²) in [7, 11) is 0. The van der Waals surface area contributed by atoms with Gasteiger partial charge < -0.3 is 24.8 Å². The minimum atomic E-state index is -1.10. The number of amides is 2. The molecule has 2 fully saturated rings. The van der Waals surface area contributed by atoms with Gasteiger partial charge in [0.25, 0.3) is 11.6 Å².